The summed E-state index contributed by atoms with van der Waals surface area (Å²) in [4.78, 5) is 14.9. The van der Waals surface area contributed by atoms with Gasteiger partial charge < -0.3 is 9.67 Å². The Morgan fingerprint density at radius 3 is 2.65 bits per heavy atom. The lowest BCUT2D eigenvalue weighted by atomic mass is 10.1. The number of hydrogen-bond donors (Lipinski definition) is 1. The Hall–Kier alpha value is -1.81. The number of carboxylic acid groups (broad SMARTS) is 1. The first-order valence-corrected chi connectivity index (χ1v) is 5.50. The summed E-state index contributed by atoms with van der Waals surface area (Å²) in [5, 5.41) is 9.23. The van der Waals surface area contributed by atoms with Gasteiger partial charge in [-0.25, -0.2) is 9.78 Å². The van der Waals surface area contributed by atoms with Crippen LogP contribution in [0.15, 0.2) is 36.5 Å². The number of nitrogens with zero attached hydrogens (tertiary/aromatic N) is 2. The molecule has 0 saturated heterocycles. The van der Waals surface area contributed by atoms with Crippen molar-refractivity contribution in [1.82, 2.24) is 9.55 Å². The Morgan fingerprint density at radius 2 is 2.06 bits per heavy atom. The number of halogens is 1. The molecule has 4 nitrogen and oxygen atoms in total. The van der Waals surface area contributed by atoms with Crippen molar-refractivity contribution in [2.75, 3.05) is 0 Å². The van der Waals surface area contributed by atoms with Gasteiger partial charge in [-0.05, 0) is 24.1 Å². The smallest absolute Gasteiger partial charge is 0.354 e. The van der Waals surface area contributed by atoms with Gasteiger partial charge in [0.1, 0.15) is 5.69 Å². The second-order valence-electron chi connectivity index (χ2n) is 3.67. The molecular weight excluding hydrogens is 240 g/mol. The van der Waals surface area contributed by atoms with Crippen molar-refractivity contribution >= 4 is 17.6 Å². The quantitative estimate of drug-likeness (QED) is 0.911. The third-order valence-corrected chi connectivity index (χ3v) is 2.92. The SMILES string of the molecule is C[C@H](c1ccccc1)n1c(C(=O)O)cnc1Cl. The average Bonchev–Trinajstić information content (AvgIpc) is 2.71. The number of imidazole rings is 1. The molecule has 0 fully saturated rings. The first kappa shape index (κ1) is 11.7. The predicted molar refractivity (Wildman–Crippen MR) is 64.5 cm³/mol. The lowest BCUT2D eigenvalue weighted by Crippen LogP contribution is -2.13. The number of aromatic nitrogens is 2. The molecule has 1 N–H and O–H groups in total. The second kappa shape index (κ2) is 4.59. The molecule has 1 atom stereocenters. The predicted octanol–water partition coefficient (Wildman–Crippen LogP) is 2.84. The molecule has 17 heavy (non-hydrogen) atoms. The van der Waals surface area contributed by atoms with Gasteiger partial charge in [-0.2, -0.15) is 0 Å². The van der Waals surface area contributed by atoms with Crippen molar-refractivity contribution in [2.24, 2.45) is 0 Å². The van der Waals surface area contributed by atoms with Gasteiger partial charge in [-0.1, -0.05) is 30.3 Å². The number of carbonyl (C=O) groups is 1. The van der Waals surface area contributed by atoms with E-state index in [0.717, 1.165) is 5.56 Å². The molecule has 0 bridgehead atoms. The van der Waals surface area contributed by atoms with E-state index in [0.29, 0.717) is 0 Å². The molecule has 0 saturated carbocycles. The van der Waals surface area contributed by atoms with Gasteiger partial charge >= 0.3 is 5.97 Å². The summed E-state index contributed by atoms with van der Waals surface area (Å²) in [6.45, 7) is 1.88. The minimum absolute atomic E-state index is 0.0892. The first-order chi connectivity index (χ1) is 8.11. The van der Waals surface area contributed by atoms with E-state index in [-0.39, 0.29) is 17.0 Å². The lowest BCUT2D eigenvalue weighted by Gasteiger charge is -2.16. The molecule has 5 heteroatoms. The summed E-state index contributed by atoms with van der Waals surface area (Å²) in [6, 6.07) is 9.38. The van der Waals surface area contributed by atoms with E-state index in [1.165, 1.54) is 10.8 Å². The molecule has 0 aliphatic rings. The van der Waals surface area contributed by atoms with E-state index >= 15 is 0 Å². The third kappa shape index (κ3) is 2.17. The van der Waals surface area contributed by atoms with Crippen LogP contribution in [0.3, 0.4) is 0 Å². The van der Waals surface area contributed by atoms with Gasteiger partial charge in [-0.15, -0.1) is 0 Å². The van der Waals surface area contributed by atoms with Crippen LogP contribution in [-0.2, 0) is 0 Å². The Bertz CT molecular complexity index is 537. The highest BCUT2D eigenvalue weighted by Gasteiger charge is 2.19. The minimum atomic E-state index is -1.04. The van der Waals surface area contributed by atoms with Crippen molar-refractivity contribution in [3.8, 4) is 0 Å². The van der Waals surface area contributed by atoms with Gasteiger partial charge in [0.15, 0.2) is 0 Å². The van der Waals surface area contributed by atoms with Gasteiger partial charge in [0.25, 0.3) is 0 Å². The maximum Gasteiger partial charge on any atom is 0.354 e. The molecule has 0 radical (unpaired) electrons. The number of carboxylic acids is 1. The van der Waals surface area contributed by atoms with Gasteiger partial charge in [0.2, 0.25) is 5.28 Å². The minimum Gasteiger partial charge on any atom is -0.477 e. The Labute approximate surface area is 103 Å². The van der Waals surface area contributed by atoms with Crippen molar-refractivity contribution in [3.63, 3.8) is 0 Å². The molecule has 0 unspecified atom stereocenters. The van der Waals surface area contributed by atoms with Crippen LogP contribution >= 0.6 is 11.6 Å². The van der Waals surface area contributed by atoms with E-state index in [1.54, 1.807) is 0 Å². The summed E-state index contributed by atoms with van der Waals surface area (Å²) in [6.07, 6.45) is 1.27. The van der Waals surface area contributed by atoms with Crippen LogP contribution in [0.25, 0.3) is 0 Å². The highest BCUT2D eigenvalue weighted by Crippen LogP contribution is 2.24. The van der Waals surface area contributed by atoms with E-state index in [9.17, 15) is 4.79 Å². The fraction of sp³-hybridized carbons (Fsp3) is 0.167. The van der Waals surface area contributed by atoms with Gasteiger partial charge in [-0.3, -0.25) is 0 Å². The molecule has 2 aromatic rings. The largest absolute Gasteiger partial charge is 0.477 e. The monoisotopic (exact) mass is 250 g/mol. The van der Waals surface area contributed by atoms with E-state index in [1.807, 2.05) is 37.3 Å². The Balaban J connectivity index is 2.47. The van der Waals surface area contributed by atoms with Crippen LogP contribution in [0.5, 0.6) is 0 Å². The van der Waals surface area contributed by atoms with Crippen LogP contribution in [0.2, 0.25) is 5.28 Å². The first-order valence-electron chi connectivity index (χ1n) is 5.12. The molecule has 1 heterocycles. The van der Waals surface area contributed by atoms with E-state index < -0.39 is 5.97 Å². The maximum absolute atomic E-state index is 11.1. The summed E-state index contributed by atoms with van der Waals surface area (Å²) >= 11 is 5.92. The summed E-state index contributed by atoms with van der Waals surface area (Å²) < 4.78 is 1.50. The zero-order valence-electron chi connectivity index (χ0n) is 9.17. The summed E-state index contributed by atoms with van der Waals surface area (Å²) in [5.41, 5.74) is 1.07. The second-order valence-corrected chi connectivity index (χ2v) is 4.01. The third-order valence-electron chi connectivity index (χ3n) is 2.64. The fourth-order valence-electron chi connectivity index (χ4n) is 1.75. The molecular formula is C12H11ClN2O2. The van der Waals surface area contributed by atoms with Gasteiger partial charge in [0.05, 0.1) is 12.2 Å². The molecule has 0 amide bonds. The van der Waals surface area contributed by atoms with Crippen LogP contribution in [0.4, 0.5) is 0 Å². The van der Waals surface area contributed by atoms with Gasteiger partial charge in [0, 0.05) is 0 Å². The zero-order valence-corrected chi connectivity index (χ0v) is 9.93. The number of hydrogen-bond acceptors (Lipinski definition) is 2. The molecule has 1 aromatic heterocycles. The highest BCUT2D eigenvalue weighted by atomic mass is 35.5. The van der Waals surface area contributed by atoms with Crippen LogP contribution in [0, 0.1) is 0 Å². The van der Waals surface area contributed by atoms with Crippen molar-refractivity contribution in [2.45, 2.75) is 13.0 Å². The topological polar surface area (TPSA) is 55.1 Å². The van der Waals surface area contributed by atoms with Crippen LogP contribution in [0.1, 0.15) is 29.0 Å². The number of rotatable bonds is 3. The van der Waals surface area contributed by atoms with Crippen molar-refractivity contribution in [3.05, 3.63) is 53.1 Å². The Kier molecular flexibility index (Phi) is 3.15. The molecule has 88 valence electrons. The fourth-order valence-corrected chi connectivity index (χ4v) is 2.03. The summed E-state index contributed by atoms with van der Waals surface area (Å²) in [7, 11) is 0. The number of benzene rings is 1. The molecule has 0 aliphatic heterocycles. The van der Waals surface area contributed by atoms with Crippen LogP contribution in [-0.4, -0.2) is 20.6 Å². The summed E-state index contributed by atoms with van der Waals surface area (Å²) in [5.74, 6) is -1.04. The molecule has 0 aliphatic carbocycles. The van der Waals surface area contributed by atoms with E-state index in [2.05, 4.69) is 4.98 Å². The average molecular weight is 251 g/mol. The Morgan fingerprint density at radius 1 is 1.41 bits per heavy atom. The lowest BCUT2D eigenvalue weighted by molar-refractivity contribution is 0.0684. The zero-order chi connectivity index (χ0) is 12.4. The van der Waals surface area contributed by atoms with Crippen molar-refractivity contribution < 1.29 is 9.90 Å². The number of aromatic carboxylic acids is 1. The standard InChI is InChI=1S/C12H11ClN2O2/c1-8(9-5-3-2-4-6-9)15-10(11(16)17)7-14-12(15)13/h2-8H,1H3,(H,16,17)/t8-/m1/s1. The maximum atomic E-state index is 11.1. The highest BCUT2D eigenvalue weighted by molar-refractivity contribution is 6.28. The normalized spacial score (nSPS) is 12.4. The van der Waals surface area contributed by atoms with Crippen LogP contribution < -0.4 is 0 Å². The molecule has 1 aromatic carbocycles. The molecule has 0 spiro atoms. The van der Waals surface area contributed by atoms with Crippen molar-refractivity contribution in [1.29, 1.82) is 0 Å². The molecule has 2 rings (SSSR count). The van der Waals surface area contributed by atoms with E-state index in [4.69, 9.17) is 16.7 Å².